The molecule has 1 amide bonds. The number of benzene rings is 1. The lowest BCUT2D eigenvalue weighted by Gasteiger charge is -2.19. The average Bonchev–Trinajstić information content (AvgIpc) is 2.30. The van der Waals surface area contributed by atoms with Crippen LogP contribution >= 0.6 is 0 Å². The summed E-state index contributed by atoms with van der Waals surface area (Å²) in [7, 11) is 1.68. The predicted octanol–water partition coefficient (Wildman–Crippen LogP) is 1.93. The molecule has 4 nitrogen and oxygen atoms in total. The summed E-state index contributed by atoms with van der Waals surface area (Å²) in [4.78, 5) is 11.2. The maximum absolute atomic E-state index is 11.2. The number of hydrogen-bond donors (Lipinski definition) is 2. The van der Waals surface area contributed by atoms with Gasteiger partial charge in [-0.25, -0.2) is 0 Å². The molecule has 0 radical (unpaired) electrons. The van der Waals surface area contributed by atoms with E-state index in [0.717, 1.165) is 17.7 Å². The zero-order valence-electron chi connectivity index (χ0n) is 10.6. The molecule has 0 aromatic heterocycles. The minimum Gasteiger partial charge on any atom is -0.383 e. The van der Waals surface area contributed by atoms with E-state index >= 15 is 0 Å². The van der Waals surface area contributed by atoms with E-state index in [-0.39, 0.29) is 6.04 Å². The van der Waals surface area contributed by atoms with Crippen LogP contribution in [-0.2, 0) is 4.74 Å². The number of anilines is 1. The third-order valence-corrected chi connectivity index (χ3v) is 2.82. The molecule has 3 N–H and O–H groups in total. The maximum Gasteiger partial charge on any atom is 0.249 e. The third-order valence-electron chi connectivity index (χ3n) is 2.82. The van der Waals surface area contributed by atoms with Crippen LogP contribution in [0.4, 0.5) is 5.69 Å². The van der Waals surface area contributed by atoms with Gasteiger partial charge in [0.05, 0.1) is 6.61 Å². The van der Waals surface area contributed by atoms with Gasteiger partial charge in [-0.3, -0.25) is 4.79 Å². The van der Waals surface area contributed by atoms with Crippen LogP contribution in [0.5, 0.6) is 0 Å². The minimum atomic E-state index is -0.397. The number of nitrogens with one attached hydrogen (secondary N) is 1. The summed E-state index contributed by atoms with van der Waals surface area (Å²) in [5.74, 6) is -0.397. The van der Waals surface area contributed by atoms with Gasteiger partial charge >= 0.3 is 0 Å². The number of methoxy groups -OCH3 is 1. The summed E-state index contributed by atoms with van der Waals surface area (Å²) in [5, 5.41) is 3.36. The first-order valence-electron chi connectivity index (χ1n) is 5.75. The van der Waals surface area contributed by atoms with E-state index in [9.17, 15) is 4.79 Å². The summed E-state index contributed by atoms with van der Waals surface area (Å²) in [5.41, 5.74) is 7.69. The Labute approximate surface area is 102 Å². The van der Waals surface area contributed by atoms with E-state index in [0.29, 0.717) is 12.2 Å². The van der Waals surface area contributed by atoms with Crippen LogP contribution in [0.1, 0.15) is 29.3 Å². The van der Waals surface area contributed by atoms with Crippen molar-refractivity contribution in [3.05, 3.63) is 29.3 Å². The van der Waals surface area contributed by atoms with Crippen molar-refractivity contribution in [2.24, 2.45) is 5.73 Å². The molecular weight excluding hydrogens is 216 g/mol. The Hall–Kier alpha value is -1.55. The number of rotatable bonds is 6. The number of ether oxygens (including phenoxy) is 1. The molecule has 4 heteroatoms. The van der Waals surface area contributed by atoms with Crippen molar-refractivity contribution in [2.75, 3.05) is 19.0 Å². The van der Waals surface area contributed by atoms with Crippen molar-refractivity contribution in [3.8, 4) is 0 Å². The number of hydrogen-bond acceptors (Lipinski definition) is 3. The van der Waals surface area contributed by atoms with Crippen molar-refractivity contribution < 1.29 is 9.53 Å². The van der Waals surface area contributed by atoms with Crippen LogP contribution in [-0.4, -0.2) is 25.7 Å². The molecule has 1 aromatic rings. The molecular formula is C13H20N2O2. The molecule has 1 unspecified atom stereocenters. The van der Waals surface area contributed by atoms with Crippen LogP contribution in [0.3, 0.4) is 0 Å². The Balaban J connectivity index is 2.91. The first-order chi connectivity index (χ1) is 8.10. The molecule has 0 fully saturated rings. The fraction of sp³-hybridized carbons (Fsp3) is 0.462. The summed E-state index contributed by atoms with van der Waals surface area (Å²) in [6, 6.07) is 5.75. The predicted molar refractivity (Wildman–Crippen MR) is 69.3 cm³/mol. The topological polar surface area (TPSA) is 64.3 Å². The van der Waals surface area contributed by atoms with Gasteiger partial charge in [-0.1, -0.05) is 13.0 Å². The van der Waals surface area contributed by atoms with Crippen molar-refractivity contribution in [1.29, 1.82) is 0 Å². The van der Waals surface area contributed by atoms with Gasteiger partial charge < -0.3 is 15.8 Å². The molecule has 0 bridgehead atoms. The fourth-order valence-electron chi connectivity index (χ4n) is 1.74. The maximum atomic E-state index is 11.2. The second kappa shape index (κ2) is 6.25. The summed E-state index contributed by atoms with van der Waals surface area (Å²) in [6.45, 7) is 4.61. The monoisotopic (exact) mass is 236 g/mol. The summed E-state index contributed by atoms with van der Waals surface area (Å²) in [6.07, 6.45) is 0.952. The highest BCUT2D eigenvalue weighted by Gasteiger charge is 2.11. The first kappa shape index (κ1) is 13.5. The average molecular weight is 236 g/mol. The van der Waals surface area contributed by atoms with Crippen LogP contribution in [0.25, 0.3) is 0 Å². The molecule has 1 rings (SSSR count). The van der Waals surface area contributed by atoms with Gasteiger partial charge in [0.15, 0.2) is 0 Å². The SMILES string of the molecule is CCC(COC)Nc1cccc(C(N)=O)c1C. The van der Waals surface area contributed by atoms with Gasteiger partial charge in [-0.2, -0.15) is 0 Å². The molecule has 0 saturated carbocycles. The van der Waals surface area contributed by atoms with Gasteiger partial charge in [0.25, 0.3) is 0 Å². The van der Waals surface area contributed by atoms with E-state index in [1.807, 2.05) is 19.1 Å². The van der Waals surface area contributed by atoms with Crippen molar-refractivity contribution in [3.63, 3.8) is 0 Å². The normalized spacial score (nSPS) is 12.2. The quantitative estimate of drug-likeness (QED) is 0.793. The molecule has 17 heavy (non-hydrogen) atoms. The minimum absolute atomic E-state index is 0.238. The first-order valence-corrected chi connectivity index (χ1v) is 5.75. The van der Waals surface area contributed by atoms with Crippen LogP contribution in [0, 0.1) is 6.92 Å². The molecule has 0 spiro atoms. The third kappa shape index (κ3) is 3.46. The largest absolute Gasteiger partial charge is 0.383 e. The Bertz CT molecular complexity index is 391. The summed E-state index contributed by atoms with van der Waals surface area (Å²) >= 11 is 0. The number of carbonyl (C=O) groups excluding carboxylic acids is 1. The zero-order valence-corrected chi connectivity index (χ0v) is 10.6. The van der Waals surface area contributed by atoms with Gasteiger partial charge in [0, 0.05) is 24.4 Å². The Morgan fingerprint density at radius 2 is 2.24 bits per heavy atom. The van der Waals surface area contributed by atoms with E-state index in [4.69, 9.17) is 10.5 Å². The Morgan fingerprint density at radius 3 is 2.76 bits per heavy atom. The molecule has 1 atom stereocenters. The summed E-state index contributed by atoms with van der Waals surface area (Å²) < 4.78 is 5.13. The van der Waals surface area contributed by atoms with E-state index < -0.39 is 5.91 Å². The standard InChI is InChI=1S/C13H20N2O2/c1-4-10(8-17-3)15-12-7-5-6-11(9(12)2)13(14)16/h5-7,10,15H,4,8H2,1-3H3,(H2,14,16). The van der Waals surface area contributed by atoms with Crippen molar-refractivity contribution >= 4 is 11.6 Å². The van der Waals surface area contributed by atoms with E-state index in [1.54, 1.807) is 13.2 Å². The van der Waals surface area contributed by atoms with Gasteiger partial charge in [-0.15, -0.1) is 0 Å². The molecule has 94 valence electrons. The van der Waals surface area contributed by atoms with Gasteiger partial charge in [-0.05, 0) is 31.0 Å². The highest BCUT2D eigenvalue weighted by Crippen LogP contribution is 2.20. The molecule has 0 aliphatic rings. The van der Waals surface area contributed by atoms with E-state index in [2.05, 4.69) is 12.2 Å². The molecule has 0 aliphatic heterocycles. The smallest absolute Gasteiger partial charge is 0.249 e. The van der Waals surface area contributed by atoms with Crippen LogP contribution < -0.4 is 11.1 Å². The van der Waals surface area contributed by atoms with Crippen LogP contribution in [0.2, 0.25) is 0 Å². The fourth-order valence-corrected chi connectivity index (χ4v) is 1.74. The highest BCUT2D eigenvalue weighted by atomic mass is 16.5. The lowest BCUT2D eigenvalue weighted by molar-refractivity contribution is 0.1000. The molecule has 1 aromatic carbocycles. The van der Waals surface area contributed by atoms with Crippen molar-refractivity contribution in [2.45, 2.75) is 26.3 Å². The number of primary amides is 1. The number of carbonyl (C=O) groups is 1. The number of amides is 1. The molecule has 0 heterocycles. The van der Waals surface area contributed by atoms with Crippen molar-refractivity contribution in [1.82, 2.24) is 0 Å². The molecule has 0 saturated heterocycles. The lowest BCUT2D eigenvalue weighted by Crippen LogP contribution is -2.25. The zero-order chi connectivity index (χ0) is 12.8. The number of nitrogens with two attached hydrogens (primary N) is 1. The second-order valence-electron chi connectivity index (χ2n) is 4.05. The van der Waals surface area contributed by atoms with E-state index in [1.165, 1.54) is 0 Å². The van der Waals surface area contributed by atoms with Gasteiger partial charge in [0.2, 0.25) is 5.91 Å². The lowest BCUT2D eigenvalue weighted by atomic mass is 10.1. The molecule has 0 aliphatic carbocycles. The van der Waals surface area contributed by atoms with Gasteiger partial charge in [0.1, 0.15) is 0 Å². The Morgan fingerprint density at radius 1 is 1.53 bits per heavy atom. The second-order valence-corrected chi connectivity index (χ2v) is 4.05. The Kier molecular flexibility index (Phi) is 4.97. The highest BCUT2D eigenvalue weighted by molar-refractivity contribution is 5.95. The van der Waals surface area contributed by atoms with Crippen LogP contribution in [0.15, 0.2) is 18.2 Å².